The fraction of sp³-hybridized carbons (Fsp3) is 0.833. The van der Waals surface area contributed by atoms with Crippen molar-refractivity contribution in [1.82, 2.24) is 5.32 Å². The first kappa shape index (κ1) is 6.55. The summed E-state index contributed by atoms with van der Waals surface area (Å²) in [6.45, 7) is 3.52. The fourth-order valence-corrected chi connectivity index (χ4v) is 1.03. The molecule has 0 saturated carbocycles. The van der Waals surface area contributed by atoms with E-state index in [0.29, 0.717) is 0 Å². The third kappa shape index (κ3) is 0.920. The van der Waals surface area contributed by atoms with Gasteiger partial charge in [-0.1, -0.05) is 6.92 Å². The molecule has 52 valence electrons. The lowest BCUT2D eigenvalue weighted by Gasteiger charge is -2.07. The van der Waals surface area contributed by atoms with Crippen LogP contribution in [0.1, 0.15) is 13.8 Å². The Morgan fingerprint density at radius 2 is 2.11 bits per heavy atom. The number of nitrogens with one attached hydrogen (secondary N) is 1. The molecule has 1 aliphatic rings. The second-order valence-electron chi connectivity index (χ2n) is 2.58. The van der Waals surface area contributed by atoms with Gasteiger partial charge in [0.2, 0.25) is 5.91 Å². The maximum Gasteiger partial charge on any atom is 0.225 e. The molecule has 1 aliphatic heterocycles. The minimum atomic E-state index is -0.502. The topological polar surface area (TPSA) is 49.3 Å². The SMILES string of the molecule is C[C@@H]1NC(=O)[C@H](C)[C@H]1O. The summed E-state index contributed by atoms with van der Waals surface area (Å²) in [5.74, 6) is -0.282. The third-order valence-corrected chi connectivity index (χ3v) is 1.81. The molecule has 3 nitrogen and oxygen atoms in total. The first-order chi connectivity index (χ1) is 4.13. The first-order valence-corrected chi connectivity index (χ1v) is 3.11. The standard InChI is InChI=1S/C6H11NO2/c1-3-5(8)4(2)7-6(3)9/h3-5,8H,1-2H3,(H,7,9)/t3-,4+,5-/m1/s1. The highest BCUT2D eigenvalue weighted by molar-refractivity contribution is 5.81. The van der Waals surface area contributed by atoms with Crippen LogP contribution in [0.25, 0.3) is 0 Å². The Morgan fingerprint density at radius 1 is 1.56 bits per heavy atom. The van der Waals surface area contributed by atoms with Crippen molar-refractivity contribution in [1.29, 1.82) is 0 Å². The van der Waals surface area contributed by atoms with Crippen molar-refractivity contribution in [2.45, 2.75) is 26.0 Å². The van der Waals surface area contributed by atoms with E-state index < -0.39 is 6.10 Å². The zero-order chi connectivity index (χ0) is 7.02. The normalized spacial score (nSPS) is 43.0. The fourth-order valence-electron chi connectivity index (χ4n) is 1.03. The molecule has 3 atom stereocenters. The Bertz CT molecular complexity index is 135. The third-order valence-electron chi connectivity index (χ3n) is 1.81. The van der Waals surface area contributed by atoms with Gasteiger partial charge in [-0.25, -0.2) is 0 Å². The zero-order valence-corrected chi connectivity index (χ0v) is 5.59. The van der Waals surface area contributed by atoms with Crippen LogP contribution in [0, 0.1) is 5.92 Å². The molecule has 2 N–H and O–H groups in total. The quantitative estimate of drug-likeness (QED) is 0.463. The van der Waals surface area contributed by atoms with Crippen molar-refractivity contribution in [3.63, 3.8) is 0 Å². The van der Waals surface area contributed by atoms with E-state index in [1.54, 1.807) is 13.8 Å². The van der Waals surface area contributed by atoms with E-state index in [1.165, 1.54) is 0 Å². The van der Waals surface area contributed by atoms with Crippen LogP contribution in [-0.2, 0) is 4.79 Å². The second kappa shape index (κ2) is 1.99. The van der Waals surface area contributed by atoms with Crippen molar-refractivity contribution in [3.05, 3.63) is 0 Å². The average molecular weight is 129 g/mol. The molecule has 1 fully saturated rings. The Hall–Kier alpha value is -0.570. The number of aliphatic hydroxyl groups is 1. The highest BCUT2D eigenvalue weighted by atomic mass is 16.3. The zero-order valence-electron chi connectivity index (χ0n) is 5.59. The van der Waals surface area contributed by atoms with Gasteiger partial charge >= 0.3 is 0 Å². The molecule has 9 heavy (non-hydrogen) atoms. The van der Waals surface area contributed by atoms with E-state index in [0.717, 1.165) is 0 Å². The smallest absolute Gasteiger partial charge is 0.225 e. The van der Waals surface area contributed by atoms with E-state index >= 15 is 0 Å². The first-order valence-electron chi connectivity index (χ1n) is 3.11. The molecule has 0 unspecified atom stereocenters. The van der Waals surface area contributed by atoms with Crippen LogP contribution in [0.5, 0.6) is 0 Å². The summed E-state index contributed by atoms with van der Waals surface area (Å²) in [7, 11) is 0. The largest absolute Gasteiger partial charge is 0.390 e. The van der Waals surface area contributed by atoms with Crippen molar-refractivity contribution < 1.29 is 9.90 Å². The lowest BCUT2D eigenvalue weighted by atomic mass is 10.1. The highest BCUT2D eigenvalue weighted by Crippen LogP contribution is 2.14. The van der Waals surface area contributed by atoms with Gasteiger partial charge < -0.3 is 10.4 Å². The Kier molecular flexibility index (Phi) is 1.45. The number of hydrogen-bond acceptors (Lipinski definition) is 2. The molecule has 0 radical (unpaired) electrons. The van der Waals surface area contributed by atoms with Gasteiger partial charge in [-0.2, -0.15) is 0 Å². The maximum atomic E-state index is 10.7. The molecule has 1 rings (SSSR count). The molecular weight excluding hydrogens is 118 g/mol. The van der Waals surface area contributed by atoms with Gasteiger partial charge in [0.25, 0.3) is 0 Å². The predicted molar refractivity (Wildman–Crippen MR) is 32.8 cm³/mol. The van der Waals surface area contributed by atoms with Crippen molar-refractivity contribution in [2.75, 3.05) is 0 Å². The number of carbonyl (C=O) groups is 1. The van der Waals surface area contributed by atoms with Gasteiger partial charge in [0.1, 0.15) is 0 Å². The lowest BCUT2D eigenvalue weighted by Crippen LogP contribution is -2.27. The van der Waals surface area contributed by atoms with Gasteiger partial charge in [-0.15, -0.1) is 0 Å². The molecular formula is C6H11NO2. The maximum absolute atomic E-state index is 10.7. The van der Waals surface area contributed by atoms with Gasteiger partial charge in [0.05, 0.1) is 18.1 Å². The Morgan fingerprint density at radius 3 is 2.22 bits per heavy atom. The van der Waals surface area contributed by atoms with Crippen LogP contribution in [0.2, 0.25) is 0 Å². The number of amides is 1. The van der Waals surface area contributed by atoms with Crippen molar-refractivity contribution >= 4 is 5.91 Å². The summed E-state index contributed by atoms with van der Waals surface area (Å²) in [6.07, 6.45) is -0.502. The Labute approximate surface area is 54.1 Å². The van der Waals surface area contributed by atoms with Crippen LogP contribution in [-0.4, -0.2) is 23.2 Å². The summed E-state index contributed by atoms with van der Waals surface area (Å²) in [6, 6.07) is -0.0764. The number of hydrogen-bond donors (Lipinski definition) is 2. The van der Waals surface area contributed by atoms with Gasteiger partial charge in [0.15, 0.2) is 0 Å². The lowest BCUT2D eigenvalue weighted by molar-refractivity contribution is -0.123. The summed E-state index contributed by atoms with van der Waals surface area (Å²) in [4.78, 5) is 10.7. The summed E-state index contributed by atoms with van der Waals surface area (Å²) >= 11 is 0. The molecule has 1 saturated heterocycles. The van der Waals surface area contributed by atoms with Crippen LogP contribution in [0.4, 0.5) is 0 Å². The molecule has 1 heterocycles. The van der Waals surface area contributed by atoms with Crippen molar-refractivity contribution in [3.8, 4) is 0 Å². The summed E-state index contributed by atoms with van der Waals surface area (Å²) < 4.78 is 0. The summed E-state index contributed by atoms with van der Waals surface area (Å²) in [5.41, 5.74) is 0. The van der Waals surface area contributed by atoms with E-state index in [4.69, 9.17) is 5.11 Å². The molecule has 0 bridgehead atoms. The van der Waals surface area contributed by atoms with E-state index in [9.17, 15) is 4.79 Å². The van der Waals surface area contributed by atoms with Crippen LogP contribution in [0.3, 0.4) is 0 Å². The highest BCUT2D eigenvalue weighted by Gasteiger charge is 2.34. The van der Waals surface area contributed by atoms with Crippen molar-refractivity contribution in [2.24, 2.45) is 5.92 Å². The molecule has 0 spiro atoms. The van der Waals surface area contributed by atoms with Crippen LogP contribution in [0.15, 0.2) is 0 Å². The van der Waals surface area contributed by atoms with Gasteiger partial charge in [0, 0.05) is 0 Å². The minimum Gasteiger partial charge on any atom is -0.390 e. The molecule has 1 amide bonds. The van der Waals surface area contributed by atoms with E-state index in [2.05, 4.69) is 5.32 Å². The summed E-state index contributed by atoms with van der Waals surface area (Å²) in [5, 5.41) is 11.8. The predicted octanol–water partition coefficient (Wildman–Crippen LogP) is -0.498. The van der Waals surface area contributed by atoms with Gasteiger partial charge in [-0.05, 0) is 6.92 Å². The minimum absolute atomic E-state index is 0.0463. The second-order valence-corrected chi connectivity index (χ2v) is 2.58. The van der Waals surface area contributed by atoms with E-state index in [-0.39, 0.29) is 17.9 Å². The van der Waals surface area contributed by atoms with E-state index in [1.807, 2.05) is 0 Å². The van der Waals surface area contributed by atoms with Crippen LogP contribution < -0.4 is 5.32 Å². The Balaban J connectivity index is 2.65. The average Bonchev–Trinajstić information content (AvgIpc) is 1.98. The monoisotopic (exact) mass is 129 g/mol. The van der Waals surface area contributed by atoms with Gasteiger partial charge in [-0.3, -0.25) is 4.79 Å². The molecule has 0 aliphatic carbocycles. The number of carbonyl (C=O) groups excluding carboxylic acids is 1. The molecule has 0 aromatic rings. The molecule has 3 heteroatoms. The molecule has 0 aromatic carbocycles. The number of aliphatic hydroxyl groups excluding tert-OH is 1. The number of rotatable bonds is 0. The van der Waals surface area contributed by atoms with Crippen LogP contribution >= 0.6 is 0 Å². The molecule has 0 aromatic heterocycles.